The third kappa shape index (κ3) is 5.57. The van der Waals surface area contributed by atoms with Gasteiger partial charge in [0.2, 0.25) is 10.0 Å². The molecule has 29 heavy (non-hydrogen) atoms. The Morgan fingerprint density at radius 3 is 2.28 bits per heavy atom. The van der Waals surface area contributed by atoms with E-state index in [1.165, 1.54) is 28.6 Å². The van der Waals surface area contributed by atoms with Gasteiger partial charge in [-0.15, -0.1) is 0 Å². The summed E-state index contributed by atoms with van der Waals surface area (Å²) in [5.41, 5.74) is 0.236. The van der Waals surface area contributed by atoms with Crippen molar-refractivity contribution in [2.45, 2.75) is 50.3 Å². The Labute approximate surface area is 173 Å². The van der Waals surface area contributed by atoms with Crippen LogP contribution in [0.1, 0.15) is 55.8 Å². The predicted molar refractivity (Wildman–Crippen MR) is 109 cm³/mol. The number of hydrogen-bond donors (Lipinski definition) is 0. The Bertz CT molecular complexity index is 814. The minimum atomic E-state index is -3.55. The van der Waals surface area contributed by atoms with Gasteiger partial charge in [0.1, 0.15) is 0 Å². The molecule has 2 aliphatic heterocycles. The molecule has 2 fully saturated rings. The number of nitrogens with zero attached hydrogens (tertiary/aromatic N) is 2. The van der Waals surface area contributed by atoms with Gasteiger partial charge in [0.15, 0.2) is 6.61 Å². The standard InChI is InChI=1S/C21H30N2O5S/c1-17-7-6-12-22(15-17)20(24)16-28-21(25)18-8-10-19(11-9-18)29(26,27)23-13-4-2-3-5-14-23/h8-11,17H,2-7,12-16H2,1H3. The maximum Gasteiger partial charge on any atom is 0.338 e. The first-order valence-electron chi connectivity index (χ1n) is 10.4. The van der Waals surface area contributed by atoms with E-state index in [4.69, 9.17) is 4.74 Å². The van der Waals surface area contributed by atoms with E-state index in [1.54, 1.807) is 4.90 Å². The quantitative estimate of drug-likeness (QED) is 0.681. The Hall–Kier alpha value is -1.93. The largest absolute Gasteiger partial charge is 0.452 e. The Morgan fingerprint density at radius 2 is 1.66 bits per heavy atom. The highest BCUT2D eigenvalue weighted by Crippen LogP contribution is 2.21. The van der Waals surface area contributed by atoms with Gasteiger partial charge in [0, 0.05) is 26.2 Å². The lowest BCUT2D eigenvalue weighted by atomic mass is 10.0. The highest BCUT2D eigenvalue weighted by atomic mass is 32.2. The number of amides is 1. The molecular weight excluding hydrogens is 392 g/mol. The molecule has 1 atom stereocenters. The summed E-state index contributed by atoms with van der Waals surface area (Å²) < 4.78 is 32.3. The lowest BCUT2D eigenvalue weighted by molar-refractivity contribution is -0.136. The molecule has 2 heterocycles. The zero-order valence-electron chi connectivity index (χ0n) is 17.0. The molecule has 2 saturated heterocycles. The lowest BCUT2D eigenvalue weighted by Gasteiger charge is -2.30. The third-order valence-electron chi connectivity index (χ3n) is 5.63. The van der Waals surface area contributed by atoms with E-state index in [9.17, 15) is 18.0 Å². The minimum absolute atomic E-state index is 0.175. The molecule has 1 aromatic rings. The predicted octanol–water partition coefficient (Wildman–Crippen LogP) is 2.67. The molecule has 0 saturated carbocycles. The SMILES string of the molecule is CC1CCCN(C(=O)COC(=O)c2ccc(S(=O)(=O)N3CCCCCC3)cc2)C1. The number of hydrogen-bond acceptors (Lipinski definition) is 5. The van der Waals surface area contributed by atoms with Gasteiger partial charge in [-0.2, -0.15) is 4.31 Å². The highest BCUT2D eigenvalue weighted by Gasteiger charge is 2.26. The second-order valence-electron chi connectivity index (χ2n) is 8.01. The van der Waals surface area contributed by atoms with Crippen molar-refractivity contribution in [3.63, 3.8) is 0 Å². The first-order valence-corrected chi connectivity index (χ1v) is 11.9. The number of carbonyl (C=O) groups excluding carboxylic acids is 2. The number of rotatable bonds is 5. The summed E-state index contributed by atoms with van der Waals surface area (Å²) in [5.74, 6) is -0.352. The van der Waals surface area contributed by atoms with Gasteiger partial charge < -0.3 is 9.64 Å². The van der Waals surface area contributed by atoms with Crippen LogP contribution in [0.2, 0.25) is 0 Å². The third-order valence-corrected chi connectivity index (χ3v) is 7.54. The van der Waals surface area contributed by atoms with Crippen molar-refractivity contribution in [1.82, 2.24) is 9.21 Å². The molecule has 0 radical (unpaired) electrons. The smallest absolute Gasteiger partial charge is 0.338 e. The molecule has 3 rings (SSSR count). The van der Waals surface area contributed by atoms with Crippen LogP contribution in [-0.4, -0.2) is 62.3 Å². The molecule has 1 unspecified atom stereocenters. The number of likely N-dealkylation sites (tertiary alicyclic amines) is 1. The van der Waals surface area contributed by atoms with E-state index in [-0.39, 0.29) is 23.0 Å². The number of ether oxygens (including phenoxy) is 1. The molecule has 0 N–H and O–H groups in total. The monoisotopic (exact) mass is 422 g/mol. The topological polar surface area (TPSA) is 84.0 Å². The summed E-state index contributed by atoms with van der Waals surface area (Å²) >= 11 is 0. The van der Waals surface area contributed by atoms with Crippen LogP contribution in [0.3, 0.4) is 0 Å². The van der Waals surface area contributed by atoms with Crippen molar-refractivity contribution >= 4 is 21.9 Å². The van der Waals surface area contributed by atoms with E-state index in [1.807, 2.05) is 0 Å². The number of piperidine rings is 1. The number of carbonyl (C=O) groups is 2. The maximum absolute atomic E-state index is 12.8. The Kier molecular flexibility index (Phi) is 7.29. The van der Waals surface area contributed by atoms with Gasteiger partial charge in [0.25, 0.3) is 5.91 Å². The summed E-state index contributed by atoms with van der Waals surface area (Å²) in [4.78, 5) is 26.4. The fourth-order valence-corrected chi connectivity index (χ4v) is 5.43. The second kappa shape index (κ2) is 9.71. The van der Waals surface area contributed by atoms with Gasteiger partial charge in [-0.3, -0.25) is 4.79 Å². The lowest BCUT2D eigenvalue weighted by Crippen LogP contribution is -2.41. The summed E-state index contributed by atoms with van der Waals surface area (Å²) in [7, 11) is -3.55. The molecule has 7 nitrogen and oxygen atoms in total. The average Bonchev–Trinajstić information content (AvgIpc) is 3.02. The van der Waals surface area contributed by atoms with Gasteiger partial charge in [-0.25, -0.2) is 13.2 Å². The van der Waals surface area contributed by atoms with E-state index in [0.717, 1.165) is 38.5 Å². The molecule has 0 aliphatic carbocycles. The van der Waals surface area contributed by atoms with Crippen molar-refractivity contribution in [3.05, 3.63) is 29.8 Å². The fraction of sp³-hybridized carbons (Fsp3) is 0.619. The summed E-state index contributed by atoms with van der Waals surface area (Å²) in [5, 5.41) is 0. The van der Waals surface area contributed by atoms with Gasteiger partial charge >= 0.3 is 5.97 Å². The molecular formula is C21H30N2O5S. The molecule has 0 aromatic heterocycles. The van der Waals surface area contributed by atoms with Crippen molar-refractivity contribution in [2.75, 3.05) is 32.8 Å². The highest BCUT2D eigenvalue weighted by molar-refractivity contribution is 7.89. The molecule has 0 bridgehead atoms. The molecule has 0 spiro atoms. The fourth-order valence-electron chi connectivity index (χ4n) is 3.91. The van der Waals surface area contributed by atoms with Crippen LogP contribution in [0.4, 0.5) is 0 Å². The van der Waals surface area contributed by atoms with Crippen molar-refractivity contribution in [3.8, 4) is 0 Å². The van der Waals surface area contributed by atoms with Gasteiger partial charge in [-0.05, 0) is 55.9 Å². The van der Waals surface area contributed by atoms with Crippen molar-refractivity contribution in [1.29, 1.82) is 0 Å². The zero-order valence-corrected chi connectivity index (χ0v) is 17.8. The summed E-state index contributed by atoms with van der Waals surface area (Å²) in [6.07, 6.45) is 5.91. The molecule has 1 amide bonds. The second-order valence-corrected chi connectivity index (χ2v) is 9.94. The Morgan fingerprint density at radius 1 is 1.00 bits per heavy atom. The van der Waals surface area contributed by atoms with Crippen LogP contribution in [0.5, 0.6) is 0 Å². The van der Waals surface area contributed by atoms with Crippen LogP contribution in [0.25, 0.3) is 0 Å². The molecule has 2 aliphatic rings. The average molecular weight is 423 g/mol. The van der Waals surface area contributed by atoms with E-state index >= 15 is 0 Å². The van der Waals surface area contributed by atoms with Gasteiger partial charge in [0.05, 0.1) is 10.5 Å². The maximum atomic E-state index is 12.8. The minimum Gasteiger partial charge on any atom is -0.452 e. The Balaban J connectivity index is 1.57. The summed E-state index contributed by atoms with van der Waals surface area (Å²) in [6.45, 7) is 4.27. The van der Waals surface area contributed by atoms with Gasteiger partial charge in [-0.1, -0.05) is 19.8 Å². The number of esters is 1. The van der Waals surface area contributed by atoms with Crippen LogP contribution < -0.4 is 0 Å². The van der Waals surface area contributed by atoms with E-state index in [0.29, 0.717) is 32.1 Å². The zero-order chi connectivity index (χ0) is 20.9. The number of sulfonamides is 1. The molecule has 1 aromatic carbocycles. The molecule has 160 valence electrons. The van der Waals surface area contributed by atoms with Crippen LogP contribution in [0.15, 0.2) is 29.2 Å². The summed E-state index contributed by atoms with van der Waals surface area (Å²) in [6, 6.07) is 5.76. The van der Waals surface area contributed by atoms with Crippen LogP contribution in [0, 0.1) is 5.92 Å². The first kappa shape index (κ1) is 21.8. The number of benzene rings is 1. The molecule has 8 heteroatoms. The van der Waals surface area contributed by atoms with Crippen LogP contribution in [-0.2, 0) is 19.6 Å². The van der Waals surface area contributed by atoms with E-state index in [2.05, 4.69) is 6.92 Å². The first-order chi connectivity index (χ1) is 13.9. The normalized spacial score (nSPS) is 21.4. The van der Waals surface area contributed by atoms with E-state index < -0.39 is 16.0 Å². The van der Waals surface area contributed by atoms with Crippen molar-refractivity contribution < 1.29 is 22.7 Å². The van der Waals surface area contributed by atoms with Crippen LogP contribution >= 0.6 is 0 Å². The van der Waals surface area contributed by atoms with Crippen molar-refractivity contribution in [2.24, 2.45) is 5.92 Å².